The minimum absolute atomic E-state index is 0.0588. The van der Waals surface area contributed by atoms with Gasteiger partial charge < -0.3 is 15.2 Å². The molecule has 1 aliphatic rings. The van der Waals surface area contributed by atoms with Crippen LogP contribution in [0, 0.1) is 5.92 Å². The quantitative estimate of drug-likeness (QED) is 0.815. The minimum atomic E-state index is 0.0588. The summed E-state index contributed by atoms with van der Waals surface area (Å²) < 4.78 is 0. The van der Waals surface area contributed by atoms with Crippen molar-refractivity contribution in [1.29, 1.82) is 0 Å². The van der Waals surface area contributed by atoms with E-state index in [2.05, 4.69) is 15.3 Å². The first-order chi connectivity index (χ1) is 8.31. The number of carbonyl (C=O) groups is 1. The molecule has 0 atom stereocenters. The molecule has 2 rings (SSSR count). The van der Waals surface area contributed by atoms with E-state index in [1.54, 1.807) is 12.5 Å². The average molecular weight is 236 g/mol. The maximum Gasteiger partial charge on any atom is 0.271 e. The third-order valence-corrected chi connectivity index (χ3v) is 3.33. The van der Waals surface area contributed by atoms with Gasteiger partial charge in [-0.15, -0.1) is 0 Å². The van der Waals surface area contributed by atoms with E-state index in [9.17, 15) is 4.79 Å². The zero-order valence-corrected chi connectivity index (χ0v) is 10.3. The van der Waals surface area contributed by atoms with E-state index in [-0.39, 0.29) is 5.91 Å². The normalized spacial score (nSPS) is 17.0. The van der Waals surface area contributed by atoms with Crippen molar-refractivity contribution in [2.75, 3.05) is 26.2 Å². The molecule has 1 aromatic rings. The standard InChI is InChI=1S/C12H20N4O/c1-2-16(8-10-3-5-13-6-4-10)12(17)11-7-14-9-15-11/h7,9-10,13H,2-6,8H2,1H3,(H,14,15). The topological polar surface area (TPSA) is 61.0 Å². The van der Waals surface area contributed by atoms with Crippen LogP contribution in [-0.4, -0.2) is 47.0 Å². The molecule has 1 aromatic heterocycles. The molecule has 5 nitrogen and oxygen atoms in total. The Labute approximate surface area is 102 Å². The number of carbonyl (C=O) groups excluding carboxylic acids is 1. The molecule has 2 N–H and O–H groups in total. The molecule has 0 aliphatic carbocycles. The van der Waals surface area contributed by atoms with Crippen LogP contribution in [0.2, 0.25) is 0 Å². The lowest BCUT2D eigenvalue weighted by Gasteiger charge is -2.29. The highest BCUT2D eigenvalue weighted by Crippen LogP contribution is 2.14. The fraction of sp³-hybridized carbons (Fsp3) is 0.667. The summed E-state index contributed by atoms with van der Waals surface area (Å²) >= 11 is 0. The summed E-state index contributed by atoms with van der Waals surface area (Å²) in [6.45, 7) is 5.77. The molecular formula is C12H20N4O. The van der Waals surface area contributed by atoms with Crippen LogP contribution in [0.4, 0.5) is 0 Å². The second kappa shape index (κ2) is 5.82. The molecule has 1 saturated heterocycles. The van der Waals surface area contributed by atoms with Crippen molar-refractivity contribution in [1.82, 2.24) is 20.2 Å². The number of hydrogen-bond acceptors (Lipinski definition) is 3. The number of imidazole rings is 1. The maximum atomic E-state index is 12.1. The van der Waals surface area contributed by atoms with Gasteiger partial charge in [-0.3, -0.25) is 4.79 Å². The van der Waals surface area contributed by atoms with Crippen LogP contribution in [0.25, 0.3) is 0 Å². The van der Waals surface area contributed by atoms with Crippen LogP contribution in [0.15, 0.2) is 12.5 Å². The summed E-state index contributed by atoms with van der Waals surface area (Å²) in [7, 11) is 0. The summed E-state index contributed by atoms with van der Waals surface area (Å²) in [5.74, 6) is 0.687. The van der Waals surface area contributed by atoms with Gasteiger partial charge in [0.1, 0.15) is 5.69 Å². The van der Waals surface area contributed by atoms with Gasteiger partial charge in [0, 0.05) is 13.1 Å². The van der Waals surface area contributed by atoms with Crippen LogP contribution in [0.5, 0.6) is 0 Å². The summed E-state index contributed by atoms with van der Waals surface area (Å²) in [6, 6.07) is 0. The third-order valence-electron chi connectivity index (χ3n) is 3.33. The van der Waals surface area contributed by atoms with Crippen LogP contribution in [0.3, 0.4) is 0 Å². The van der Waals surface area contributed by atoms with Crippen molar-refractivity contribution >= 4 is 5.91 Å². The Morgan fingerprint density at radius 3 is 2.88 bits per heavy atom. The predicted octanol–water partition coefficient (Wildman–Crippen LogP) is 0.871. The van der Waals surface area contributed by atoms with Gasteiger partial charge in [0.15, 0.2) is 0 Å². The van der Waals surface area contributed by atoms with E-state index >= 15 is 0 Å². The van der Waals surface area contributed by atoms with E-state index in [0.717, 1.165) is 39.0 Å². The van der Waals surface area contributed by atoms with Crippen molar-refractivity contribution < 1.29 is 4.79 Å². The highest BCUT2D eigenvalue weighted by atomic mass is 16.2. The molecule has 0 radical (unpaired) electrons. The van der Waals surface area contributed by atoms with Gasteiger partial charge in [-0.1, -0.05) is 0 Å². The van der Waals surface area contributed by atoms with Crippen molar-refractivity contribution in [2.24, 2.45) is 5.92 Å². The second-order valence-corrected chi connectivity index (χ2v) is 4.50. The second-order valence-electron chi connectivity index (χ2n) is 4.50. The van der Waals surface area contributed by atoms with Gasteiger partial charge in [-0.05, 0) is 38.8 Å². The first kappa shape index (κ1) is 12.1. The number of nitrogens with one attached hydrogen (secondary N) is 2. The first-order valence-corrected chi connectivity index (χ1v) is 6.29. The Bertz CT molecular complexity index is 343. The highest BCUT2D eigenvalue weighted by molar-refractivity contribution is 5.92. The molecule has 2 heterocycles. The lowest BCUT2D eigenvalue weighted by Crippen LogP contribution is -2.39. The molecule has 0 bridgehead atoms. The minimum Gasteiger partial charge on any atom is -0.341 e. The number of piperidine rings is 1. The molecule has 17 heavy (non-hydrogen) atoms. The lowest BCUT2D eigenvalue weighted by molar-refractivity contribution is 0.0721. The summed E-state index contributed by atoms with van der Waals surface area (Å²) in [6.07, 6.45) is 5.46. The van der Waals surface area contributed by atoms with Gasteiger partial charge >= 0.3 is 0 Å². The number of aromatic nitrogens is 2. The van der Waals surface area contributed by atoms with E-state index in [4.69, 9.17) is 0 Å². The van der Waals surface area contributed by atoms with E-state index in [0.29, 0.717) is 11.6 Å². The van der Waals surface area contributed by atoms with Gasteiger partial charge in [-0.2, -0.15) is 0 Å². The van der Waals surface area contributed by atoms with E-state index < -0.39 is 0 Å². The van der Waals surface area contributed by atoms with Gasteiger partial charge in [0.2, 0.25) is 0 Å². The van der Waals surface area contributed by atoms with Crippen LogP contribution < -0.4 is 5.32 Å². The first-order valence-electron chi connectivity index (χ1n) is 6.29. The summed E-state index contributed by atoms with van der Waals surface area (Å²) in [5.41, 5.74) is 0.584. The van der Waals surface area contributed by atoms with Gasteiger partial charge in [-0.25, -0.2) is 4.98 Å². The number of amides is 1. The Morgan fingerprint density at radius 1 is 1.53 bits per heavy atom. The third kappa shape index (κ3) is 3.06. The number of nitrogens with zero attached hydrogens (tertiary/aromatic N) is 2. The Morgan fingerprint density at radius 2 is 2.29 bits per heavy atom. The molecular weight excluding hydrogens is 216 g/mol. The zero-order valence-electron chi connectivity index (χ0n) is 10.3. The van der Waals surface area contributed by atoms with Crippen molar-refractivity contribution in [3.05, 3.63) is 18.2 Å². The number of aromatic amines is 1. The highest BCUT2D eigenvalue weighted by Gasteiger charge is 2.21. The molecule has 94 valence electrons. The van der Waals surface area contributed by atoms with E-state index in [1.165, 1.54) is 0 Å². The van der Waals surface area contributed by atoms with Crippen molar-refractivity contribution in [3.8, 4) is 0 Å². The van der Waals surface area contributed by atoms with Gasteiger partial charge in [0.05, 0.1) is 12.5 Å². The Kier molecular flexibility index (Phi) is 4.14. The zero-order chi connectivity index (χ0) is 12.1. The number of H-pyrrole nitrogens is 1. The Balaban J connectivity index is 1.93. The maximum absolute atomic E-state index is 12.1. The van der Waals surface area contributed by atoms with Crippen LogP contribution in [0.1, 0.15) is 30.3 Å². The Hall–Kier alpha value is -1.36. The SMILES string of the molecule is CCN(CC1CCNCC1)C(=O)c1cnc[nH]1. The molecule has 0 spiro atoms. The molecule has 0 unspecified atom stereocenters. The fourth-order valence-corrected chi connectivity index (χ4v) is 2.27. The molecule has 0 saturated carbocycles. The van der Waals surface area contributed by atoms with Crippen molar-refractivity contribution in [2.45, 2.75) is 19.8 Å². The van der Waals surface area contributed by atoms with Crippen LogP contribution in [-0.2, 0) is 0 Å². The summed E-state index contributed by atoms with van der Waals surface area (Å²) in [4.78, 5) is 20.8. The number of hydrogen-bond donors (Lipinski definition) is 2. The number of rotatable bonds is 4. The van der Waals surface area contributed by atoms with Gasteiger partial charge in [0.25, 0.3) is 5.91 Å². The largest absolute Gasteiger partial charge is 0.341 e. The summed E-state index contributed by atoms with van der Waals surface area (Å²) in [5, 5.41) is 3.34. The monoisotopic (exact) mass is 236 g/mol. The molecule has 0 aromatic carbocycles. The van der Waals surface area contributed by atoms with E-state index in [1.807, 2.05) is 11.8 Å². The smallest absolute Gasteiger partial charge is 0.271 e. The lowest BCUT2D eigenvalue weighted by atomic mass is 9.97. The molecule has 1 fully saturated rings. The molecule has 1 amide bonds. The molecule has 1 aliphatic heterocycles. The predicted molar refractivity (Wildman–Crippen MR) is 65.8 cm³/mol. The average Bonchev–Trinajstić information content (AvgIpc) is 2.90. The fourth-order valence-electron chi connectivity index (χ4n) is 2.27. The van der Waals surface area contributed by atoms with Crippen LogP contribution >= 0.6 is 0 Å². The molecule has 5 heteroatoms. The van der Waals surface area contributed by atoms with Crippen molar-refractivity contribution in [3.63, 3.8) is 0 Å².